The summed E-state index contributed by atoms with van der Waals surface area (Å²) in [7, 11) is 0. The van der Waals surface area contributed by atoms with E-state index < -0.39 is 0 Å². The summed E-state index contributed by atoms with van der Waals surface area (Å²) in [5, 5.41) is 12.6. The zero-order chi connectivity index (χ0) is 18.8. The minimum atomic E-state index is 0.389. The molecule has 2 aliphatic heterocycles. The maximum atomic E-state index is 6.10. The highest BCUT2D eigenvalue weighted by Gasteiger charge is 2.26. The van der Waals surface area contributed by atoms with Crippen molar-refractivity contribution < 1.29 is 4.74 Å². The Morgan fingerprint density at radius 3 is 2.61 bits per heavy atom. The molecule has 1 saturated carbocycles. The summed E-state index contributed by atoms with van der Waals surface area (Å²) in [4.78, 5) is 2.54. The van der Waals surface area contributed by atoms with Crippen LogP contribution < -0.4 is 10.1 Å². The molecule has 1 unspecified atom stereocenters. The van der Waals surface area contributed by atoms with Gasteiger partial charge < -0.3 is 14.6 Å². The maximum Gasteiger partial charge on any atom is 0.150 e. The van der Waals surface area contributed by atoms with Crippen molar-refractivity contribution >= 4 is 0 Å². The molecule has 1 N–H and O–H groups in total. The molecule has 3 aliphatic rings. The molecular weight excluding hydrogens is 350 g/mol. The molecule has 2 fully saturated rings. The van der Waals surface area contributed by atoms with E-state index in [1.807, 2.05) is 0 Å². The molecule has 6 heteroatoms. The smallest absolute Gasteiger partial charge is 0.150 e. The molecular formula is C22H31N5O. The predicted octanol–water partition coefficient (Wildman–Crippen LogP) is 3.08. The number of ether oxygens (including phenoxy) is 1. The fourth-order valence-electron chi connectivity index (χ4n) is 4.84. The van der Waals surface area contributed by atoms with E-state index in [0.29, 0.717) is 12.1 Å². The Kier molecular flexibility index (Phi) is 5.32. The van der Waals surface area contributed by atoms with E-state index in [4.69, 9.17) is 4.74 Å². The number of nitrogens with zero attached hydrogens (tertiary/aromatic N) is 4. The quantitative estimate of drug-likeness (QED) is 0.863. The molecule has 150 valence electrons. The Morgan fingerprint density at radius 2 is 1.82 bits per heavy atom. The Balaban J connectivity index is 1.19. The van der Waals surface area contributed by atoms with Gasteiger partial charge in [0, 0.05) is 32.6 Å². The van der Waals surface area contributed by atoms with Crippen molar-refractivity contribution in [2.24, 2.45) is 0 Å². The van der Waals surface area contributed by atoms with E-state index in [-0.39, 0.29) is 0 Å². The van der Waals surface area contributed by atoms with Gasteiger partial charge in [-0.3, -0.25) is 4.90 Å². The van der Waals surface area contributed by atoms with Crippen molar-refractivity contribution in [1.82, 2.24) is 25.0 Å². The zero-order valence-electron chi connectivity index (χ0n) is 16.6. The Bertz CT molecular complexity index is 775. The van der Waals surface area contributed by atoms with Crippen LogP contribution in [0, 0.1) is 0 Å². The van der Waals surface area contributed by atoms with Crippen molar-refractivity contribution in [1.29, 1.82) is 0 Å². The van der Waals surface area contributed by atoms with Gasteiger partial charge in [0.05, 0.1) is 12.1 Å². The molecule has 1 aromatic heterocycles. The van der Waals surface area contributed by atoms with E-state index >= 15 is 0 Å². The van der Waals surface area contributed by atoms with Crippen LogP contribution in [0.2, 0.25) is 0 Å². The lowest BCUT2D eigenvalue weighted by Gasteiger charge is -2.20. The van der Waals surface area contributed by atoms with Gasteiger partial charge in [0.1, 0.15) is 17.4 Å². The first-order chi connectivity index (χ1) is 13.8. The molecule has 0 bridgehead atoms. The third kappa shape index (κ3) is 3.94. The van der Waals surface area contributed by atoms with Gasteiger partial charge in [0.2, 0.25) is 0 Å². The number of nitrogens with one attached hydrogen (secondary N) is 1. The molecule has 28 heavy (non-hydrogen) atoms. The summed E-state index contributed by atoms with van der Waals surface area (Å²) in [6.45, 7) is 5.15. The molecule has 0 amide bonds. The third-order valence-electron chi connectivity index (χ3n) is 6.45. The number of hydrogen-bond acceptors (Lipinski definition) is 5. The van der Waals surface area contributed by atoms with Gasteiger partial charge >= 0.3 is 0 Å². The number of fused-ring (bicyclic) bond motifs is 1. The molecule has 0 spiro atoms. The summed E-state index contributed by atoms with van der Waals surface area (Å²) in [5.41, 5.74) is 1.36. The topological polar surface area (TPSA) is 55.2 Å². The first-order valence-corrected chi connectivity index (χ1v) is 11.0. The number of hydrogen-bond donors (Lipinski definition) is 1. The number of aromatic nitrogens is 3. The van der Waals surface area contributed by atoms with Gasteiger partial charge in [0.15, 0.2) is 0 Å². The van der Waals surface area contributed by atoms with Crippen LogP contribution in [-0.4, -0.2) is 45.4 Å². The highest BCUT2D eigenvalue weighted by atomic mass is 16.5. The standard InChI is InChI=1S/C22H31N5O/c1-2-5-18(4-1)28-19-9-7-17(8-10-19)16-26-13-11-21-24-25-22(27(21)15-14-26)20-6-3-12-23-20/h7-10,18,20,23H,1-6,11-16H2. The first-order valence-electron chi connectivity index (χ1n) is 11.0. The lowest BCUT2D eigenvalue weighted by molar-refractivity contribution is 0.210. The third-order valence-corrected chi connectivity index (χ3v) is 6.45. The summed E-state index contributed by atoms with van der Waals surface area (Å²) < 4.78 is 8.46. The van der Waals surface area contributed by atoms with E-state index in [1.54, 1.807) is 0 Å². The molecule has 3 heterocycles. The van der Waals surface area contributed by atoms with Gasteiger partial charge in [-0.2, -0.15) is 0 Å². The fourth-order valence-corrected chi connectivity index (χ4v) is 4.84. The average Bonchev–Trinajstić information content (AvgIpc) is 3.46. The maximum absolute atomic E-state index is 6.10. The molecule has 6 nitrogen and oxygen atoms in total. The van der Waals surface area contributed by atoms with Gasteiger partial charge in [-0.05, 0) is 62.8 Å². The van der Waals surface area contributed by atoms with Crippen LogP contribution in [0.3, 0.4) is 0 Å². The molecule has 5 rings (SSSR count). The minimum absolute atomic E-state index is 0.389. The average molecular weight is 382 g/mol. The Morgan fingerprint density at radius 1 is 0.964 bits per heavy atom. The molecule has 1 saturated heterocycles. The lowest BCUT2D eigenvalue weighted by Crippen LogP contribution is -2.27. The van der Waals surface area contributed by atoms with Crippen LogP contribution >= 0.6 is 0 Å². The minimum Gasteiger partial charge on any atom is -0.490 e. The molecule has 1 aliphatic carbocycles. The van der Waals surface area contributed by atoms with Gasteiger partial charge in [-0.1, -0.05) is 12.1 Å². The normalized spacial score (nSPS) is 23.6. The van der Waals surface area contributed by atoms with E-state index in [2.05, 4.69) is 49.2 Å². The predicted molar refractivity (Wildman–Crippen MR) is 108 cm³/mol. The van der Waals surface area contributed by atoms with Crippen LogP contribution in [0.1, 0.15) is 61.8 Å². The summed E-state index contributed by atoms with van der Waals surface area (Å²) >= 11 is 0. The second kappa shape index (κ2) is 8.21. The highest BCUT2D eigenvalue weighted by molar-refractivity contribution is 5.27. The SMILES string of the molecule is c1cc(OC2CCCC2)ccc1CN1CCc2nnc(C3CCCN3)n2CC1. The van der Waals surface area contributed by atoms with Crippen LogP contribution in [0.5, 0.6) is 5.75 Å². The number of rotatable bonds is 5. The van der Waals surface area contributed by atoms with Gasteiger partial charge in [-0.25, -0.2) is 0 Å². The van der Waals surface area contributed by atoms with Crippen molar-refractivity contribution in [2.75, 3.05) is 19.6 Å². The summed E-state index contributed by atoms with van der Waals surface area (Å²) in [5.74, 6) is 3.31. The summed E-state index contributed by atoms with van der Waals surface area (Å²) in [6.07, 6.45) is 8.84. The van der Waals surface area contributed by atoms with Crippen molar-refractivity contribution in [3.05, 3.63) is 41.5 Å². The first kappa shape index (κ1) is 18.1. The Hall–Kier alpha value is -1.92. The van der Waals surface area contributed by atoms with Crippen LogP contribution in [0.15, 0.2) is 24.3 Å². The van der Waals surface area contributed by atoms with Gasteiger partial charge in [-0.15, -0.1) is 10.2 Å². The van der Waals surface area contributed by atoms with E-state index in [0.717, 1.165) is 56.5 Å². The number of benzene rings is 1. The van der Waals surface area contributed by atoms with Crippen LogP contribution in [0.25, 0.3) is 0 Å². The van der Waals surface area contributed by atoms with Crippen molar-refractivity contribution in [3.63, 3.8) is 0 Å². The fraction of sp³-hybridized carbons (Fsp3) is 0.636. The van der Waals surface area contributed by atoms with E-state index in [9.17, 15) is 0 Å². The highest BCUT2D eigenvalue weighted by Crippen LogP contribution is 2.25. The largest absolute Gasteiger partial charge is 0.490 e. The summed E-state index contributed by atoms with van der Waals surface area (Å²) in [6, 6.07) is 9.13. The Labute approximate surface area is 167 Å². The second-order valence-corrected chi connectivity index (χ2v) is 8.47. The van der Waals surface area contributed by atoms with Crippen LogP contribution in [0.4, 0.5) is 0 Å². The van der Waals surface area contributed by atoms with Crippen molar-refractivity contribution in [2.45, 2.75) is 70.2 Å². The monoisotopic (exact) mass is 381 g/mol. The molecule has 1 atom stereocenters. The van der Waals surface area contributed by atoms with E-state index in [1.165, 1.54) is 44.1 Å². The molecule has 0 radical (unpaired) electrons. The molecule has 2 aromatic rings. The van der Waals surface area contributed by atoms with Crippen molar-refractivity contribution in [3.8, 4) is 5.75 Å². The second-order valence-electron chi connectivity index (χ2n) is 8.47. The van der Waals surface area contributed by atoms with Gasteiger partial charge in [0.25, 0.3) is 0 Å². The molecule has 1 aromatic carbocycles. The van der Waals surface area contributed by atoms with Crippen LogP contribution in [-0.2, 0) is 19.5 Å². The zero-order valence-corrected chi connectivity index (χ0v) is 16.6. The lowest BCUT2D eigenvalue weighted by atomic mass is 10.2.